The summed E-state index contributed by atoms with van der Waals surface area (Å²) in [6.45, 7) is 1.18. The van der Waals surface area contributed by atoms with Crippen LogP contribution in [0.3, 0.4) is 0 Å². The minimum absolute atomic E-state index is 0.0101. The summed E-state index contributed by atoms with van der Waals surface area (Å²) in [7, 11) is 0. The van der Waals surface area contributed by atoms with E-state index in [0.717, 1.165) is 12.8 Å². The van der Waals surface area contributed by atoms with Crippen molar-refractivity contribution in [3.05, 3.63) is 70.8 Å². The molecule has 0 bridgehead atoms. The Bertz CT molecular complexity index is 990. The van der Waals surface area contributed by atoms with Gasteiger partial charge in [0.2, 0.25) is 0 Å². The number of nitrogens with zero attached hydrogens (tertiary/aromatic N) is 5. The number of H-pyrrole nitrogens is 1. The number of carbonyl (C=O) groups is 1. The molecule has 8 nitrogen and oxygen atoms in total. The quantitative estimate of drug-likeness (QED) is 0.759. The fourth-order valence-electron chi connectivity index (χ4n) is 3.28. The van der Waals surface area contributed by atoms with E-state index in [-0.39, 0.29) is 17.4 Å². The second-order valence-electron chi connectivity index (χ2n) is 6.41. The van der Waals surface area contributed by atoms with Crippen LogP contribution in [0.25, 0.3) is 11.5 Å². The SMILES string of the molecule is O=C(c1ccccn1)N1CCC[C@@H](c2cc(=O)[nH]c(-c3cnccn3)n2)C1. The molecule has 4 heterocycles. The summed E-state index contributed by atoms with van der Waals surface area (Å²) >= 11 is 0. The van der Waals surface area contributed by atoms with Gasteiger partial charge in [-0.3, -0.25) is 19.6 Å². The van der Waals surface area contributed by atoms with Gasteiger partial charge in [-0.1, -0.05) is 6.07 Å². The fourth-order valence-corrected chi connectivity index (χ4v) is 3.28. The molecule has 1 saturated heterocycles. The standard InChI is InChI=1S/C19H18N6O2/c26-17-10-15(23-18(24-17)16-11-20-7-8-22-16)13-4-3-9-25(12-13)19(27)14-5-1-2-6-21-14/h1-2,5-8,10-11,13H,3-4,9,12H2,(H,23,24,26)/t13-/m1/s1. The molecule has 0 unspecified atom stereocenters. The molecule has 0 aliphatic carbocycles. The van der Waals surface area contributed by atoms with E-state index in [1.54, 1.807) is 47.9 Å². The molecule has 0 spiro atoms. The van der Waals surface area contributed by atoms with Gasteiger partial charge in [-0.15, -0.1) is 0 Å². The Kier molecular flexibility index (Phi) is 4.69. The van der Waals surface area contributed by atoms with Gasteiger partial charge in [-0.25, -0.2) is 9.97 Å². The third-order valence-corrected chi connectivity index (χ3v) is 4.58. The molecule has 8 heteroatoms. The molecule has 3 aromatic heterocycles. The molecule has 0 aromatic carbocycles. The van der Waals surface area contributed by atoms with Crippen molar-refractivity contribution >= 4 is 5.91 Å². The number of aromatic amines is 1. The molecule has 1 aliphatic heterocycles. The van der Waals surface area contributed by atoms with Crippen molar-refractivity contribution in [1.29, 1.82) is 0 Å². The van der Waals surface area contributed by atoms with Gasteiger partial charge >= 0.3 is 0 Å². The zero-order chi connectivity index (χ0) is 18.6. The number of nitrogens with one attached hydrogen (secondary N) is 1. The van der Waals surface area contributed by atoms with Crippen LogP contribution < -0.4 is 5.56 Å². The summed E-state index contributed by atoms with van der Waals surface area (Å²) in [5.74, 6) is 0.280. The van der Waals surface area contributed by atoms with E-state index in [4.69, 9.17) is 0 Å². The normalized spacial score (nSPS) is 16.9. The lowest BCUT2D eigenvalue weighted by atomic mass is 9.94. The molecular formula is C19H18N6O2. The monoisotopic (exact) mass is 362 g/mol. The second-order valence-corrected chi connectivity index (χ2v) is 6.41. The summed E-state index contributed by atoms with van der Waals surface area (Å²) in [5, 5.41) is 0. The van der Waals surface area contributed by atoms with E-state index < -0.39 is 0 Å². The third kappa shape index (κ3) is 3.74. The Morgan fingerprint density at radius 3 is 2.89 bits per heavy atom. The van der Waals surface area contributed by atoms with E-state index in [1.165, 1.54) is 6.07 Å². The van der Waals surface area contributed by atoms with Crippen LogP contribution in [0.5, 0.6) is 0 Å². The summed E-state index contributed by atoms with van der Waals surface area (Å²) < 4.78 is 0. The van der Waals surface area contributed by atoms with Crippen molar-refractivity contribution in [1.82, 2.24) is 29.8 Å². The Hall–Kier alpha value is -3.42. The number of hydrogen-bond donors (Lipinski definition) is 1. The molecule has 1 fully saturated rings. The predicted molar refractivity (Wildman–Crippen MR) is 98.0 cm³/mol. The first kappa shape index (κ1) is 17.0. The van der Waals surface area contributed by atoms with Gasteiger partial charge in [0.1, 0.15) is 11.4 Å². The molecule has 1 atom stereocenters. The average molecular weight is 362 g/mol. The summed E-state index contributed by atoms with van der Waals surface area (Å²) in [6, 6.07) is 6.79. The summed E-state index contributed by atoms with van der Waals surface area (Å²) in [4.78, 5) is 46.2. The van der Waals surface area contributed by atoms with Crippen molar-refractivity contribution in [3.63, 3.8) is 0 Å². The highest BCUT2D eigenvalue weighted by molar-refractivity contribution is 5.92. The van der Waals surface area contributed by atoms with Crippen LogP contribution in [-0.4, -0.2) is 48.8 Å². The second kappa shape index (κ2) is 7.45. The Morgan fingerprint density at radius 2 is 2.11 bits per heavy atom. The van der Waals surface area contributed by atoms with Crippen molar-refractivity contribution in [2.45, 2.75) is 18.8 Å². The van der Waals surface area contributed by atoms with Crippen LogP contribution in [0, 0.1) is 0 Å². The van der Waals surface area contributed by atoms with Gasteiger partial charge in [-0.05, 0) is 25.0 Å². The van der Waals surface area contributed by atoms with Crippen LogP contribution in [-0.2, 0) is 0 Å². The van der Waals surface area contributed by atoms with Gasteiger partial charge in [0.15, 0.2) is 5.82 Å². The highest BCUT2D eigenvalue weighted by Gasteiger charge is 2.27. The third-order valence-electron chi connectivity index (χ3n) is 4.58. The minimum atomic E-state index is -0.242. The molecule has 1 amide bonds. The number of pyridine rings is 1. The van der Waals surface area contributed by atoms with Crippen LogP contribution >= 0.6 is 0 Å². The largest absolute Gasteiger partial charge is 0.337 e. The van der Waals surface area contributed by atoms with Gasteiger partial charge in [0.05, 0.1) is 11.9 Å². The number of hydrogen-bond acceptors (Lipinski definition) is 6. The maximum absolute atomic E-state index is 12.7. The molecule has 1 aliphatic rings. The van der Waals surface area contributed by atoms with E-state index in [9.17, 15) is 9.59 Å². The number of aromatic nitrogens is 5. The van der Waals surface area contributed by atoms with Crippen molar-refractivity contribution in [2.75, 3.05) is 13.1 Å². The molecular weight excluding hydrogens is 344 g/mol. The molecule has 3 aromatic rings. The topological polar surface area (TPSA) is 105 Å². The molecule has 4 rings (SSSR count). The summed E-state index contributed by atoms with van der Waals surface area (Å²) in [6.07, 6.45) is 7.99. The number of rotatable bonds is 3. The van der Waals surface area contributed by atoms with Crippen molar-refractivity contribution < 1.29 is 4.79 Å². The highest BCUT2D eigenvalue weighted by atomic mass is 16.2. The van der Waals surface area contributed by atoms with E-state index in [1.807, 2.05) is 0 Å². The first-order valence-corrected chi connectivity index (χ1v) is 8.78. The minimum Gasteiger partial charge on any atom is -0.337 e. The zero-order valence-corrected chi connectivity index (χ0v) is 14.6. The predicted octanol–water partition coefficient (Wildman–Crippen LogP) is 1.64. The van der Waals surface area contributed by atoms with Crippen LogP contribution in [0.4, 0.5) is 0 Å². The van der Waals surface area contributed by atoms with Gasteiger partial charge < -0.3 is 9.88 Å². The number of amides is 1. The highest BCUT2D eigenvalue weighted by Crippen LogP contribution is 2.26. The first-order chi connectivity index (χ1) is 13.2. The molecule has 0 radical (unpaired) electrons. The van der Waals surface area contributed by atoms with Crippen LogP contribution in [0.2, 0.25) is 0 Å². The Morgan fingerprint density at radius 1 is 1.19 bits per heavy atom. The Balaban J connectivity index is 1.59. The van der Waals surface area contributed by atoms with E-state index in [0.29, 0.717) is 36.0 Å². The van der Waals surface area contributed by atoms with Crippen LogP contribution in [0.15, 0.2) is 53.8 Å². The number of likely N-dealkylation sites (tertiary alicyclic amines) is 1. The van der Waals surface area contributed by atoms with Gasteiger partial charge in [0, 0.05) is 43.7 Å². The number of piperidine rings is 1. The fraction of sp³-hybridized carbons (Fsp3) is 0.263. The van der Waals surface area contributed by atoms with Crippen LogP contribution in [0.1, 0.15) is 34.9 Å². The maximum Gasteiger partial charge on any atom is 0.272 e. The van der Waals surface area contributed by atoms with Gasteiger partial charge in [0.25, 0.3) is 11.5 Å². The molecule has 0 saturated carbocycles. The smallest absolute Gasteiger partial charge is 0.272 e. The lowest BCUT2D eigenvalue weighted by Gasteiger charge is -2.32. The molecule has 136 valence electrons. The zero-order valence-electron chi connectivity index (χ0n) is 14.6. The Labute approximate surface area is 155 Å². The first-order valence-electron chi connectivity index (χ1n) is 8.78. The lowest BCUT2D eigenvalue weighted by molar-refractivity contribution is 0.0700. The number of carbonyl (C=O) groups excluding carboxylic acids is 1. The van der Waals surface area contributed by atoms with E-state index >= 15 is 0 Å². The molecule has 27 heavy (non-hydrogen) atoms. The van der Waals surface area contributed by atoms with Crippen molar-refractivity contribution in [2.24, 2.45) is 0 Å². The van der Waals surface area contributed by atoms with Gasteiger partial charge in [-0.2, -0.15) is 0 Å². The molecule has 1 N–H and O–H groups in total. The maximum atomic E-state index is 12.7. The lowest BCUT2D eigenvalue weighted by Crippen LogP contribution is -2.39. The van der Waals surface area contributed by atoms with E-state index in [2.05, 4.69) is 24.9 Å². The average Bonchev–Trinajstić information content (AvgIpc) is 2.74. The summed E-state index contributed by atoms with van der Waals surface area (Å²) in [5.41, 5.74) is 1.36. The van der Waals surface area contributed by atoms with Crippen molar-refractivity contribution in [3.8, 4) is 11.5 Å².